The fourth-order valence-electron chi connectivity index (χ4n) is 1.46. The summed E-state index contributed by atoms with van der Waals surface area (Å²) < 4.78 is 2.65. The highest BCUT2D eigenvalue weighted by molar-refractivity contribution is 9.10. The van der Waals surface area contributed by atoms with E-state index in [1.807, 2.05) is 4.40 Å². The minimum absolute atomic E-state index is 0.0653. The largest absolute Gasteiger partial charge is 0.396 e. The smallest absolute Gasteiger partial charge is 0.154 e. The molecule has 1 atom stereocenters. The topological polar surface area (TPSA) is 76.4 Å². The SMILES string of the molecule is NC(CCO)c1cnc2c(Br)cncn12. The molecule has 2 heterocycles. The van der Waals surface area contributed by atoms with Crippen LogP contribution in [0.1, 0.15) is 18.2 Å². The van der Waals surface area contributed by atoms with Crippen LogP contribution in [0.2, 0.25) is 0 Å². The van der Waals surface area contributed by atoms with Gasteiger partial charge in [0.15, 0.2) is 5.65 Å². The number of aliphatic hydroxyl groups excluding tert-OH is 1. The molecule has 0 radical (unpaired) electrons. The predicted molar refractivity (Wildman–Crippen MR) is 59.3 cm³/mol. The van der Waals surface area contributed by atoms with Gasteiger partial charge in [-0.15, -0.1) is 0 Å². The number of rotatable bonds is 3. The average molecular weight is 271 g/mol. The number of aromatic nitrogens is 3. The summed E-state index contributed by atoms with van der Waals surface area (Å²) in [5, 5.41) is 8.83. The van der Waals surface area contributed by atoms with E-state index in [4.69, 9.17) is 10.8 Å². The zero-order valence-corrected chi connectivity index (χ0v) is 9.55. The van der Waals surface area contributed by atoms with E-state index in [0.29, 0.717) is 6.42 Å². The van der Waals surface area contributed by atoms with E-state index in [0.717, 1.165) is 15.8 Å². The van der Waals surface area contributed by atoms with Crippen molar-refractivity contribution >= 4 is 21.6 Å². The third-order valence-electron chi connectivity index (χ3n) is 2.23. The lowest BCUT2D eigenvalue weighted by Gasteiger charge is -2.08. The Morgan fingerprint density at radius 2 is 2.33 bits per heavy atom. The molecule has 0 aliphatic carbocycles. The summed E-state index contributed by atoms with van der Waals surface area (Å²) in [5.41, 5.74) is 7.54. The Bertz CT molecular complexity index is 470. The van der Waals surface area contributed by atoms with Crippen LogP contribution in [0.25, 0.3) is 5.65 Å². The second kappa shape index (κ2) is 4.26. The fraction of sp³-hybridized carbons (Fsp3) is 0.333. The molecule has 80 valence electrons. The molecule has 0 amide bonds. The van der Waals surface area contributed by atoms with Gasteiger partial charge < -0.3 is 10.8 Å². The molecule has 0 bridgehead atoms. The summed E-state index contributed by atoms with van der Waals surface area (Å²) in [6, 6.07) is -0.221. The molecular formula is C9H11BrN4O. The third-order valence-corrected chi connectivity index (χ3v) is 2.79. The lowest BCUT2D eigenvalue weighted by molar-refractivity contribution is 0.275. The van der Waals surface area contributed by atoms with Crippen LogP contribution in [0, 0.1) is 0 Å². The Morgan fingerprint density at radius 1 is 1.53 bits per heavy atom. The van der Waals surface area contributed by atoms with Crippen molar-refractivity contribution in [1.29, 1.82) is 0 Å². The van der Waals surface area contributed by atoms with E-state index < -0.39 is 0 Å². The first kappa shape index (κ1) is 10.5. The van der Waals surface area contributed by atoms with Crippen molar-refractivity contribution < 1.29 is 5.11 Å². The number of nitrogens with two attached hydrogens (primary N) is 1. The number of halogens is 1. The van der Waals surface area contributed by atoms with Gasteiger partial charge in [-0.25, -0.2) is 9.97 Å². The van der Waals surface area contributed by atoms with Crippen molar-refractivity contribution in [2.45, 2.75) is 12.5 Å². The van der Waals surface area contributed by atoms with Crippen molar-refractivity contribution in [1.82, 2.24) is 14.4 Å². The van der Waals surface area contributed by atoms with Crippen molar-refractivity contribution in [3.8, 4) is 0 Å². The maximum atomic E-state index is 8.83. The predicted octanol–water partition coefficient (Wildman–Crippen LogP) is 0.874. The van der Waals surface area contributed by atoms with Crippen LogP contribution >= 0.6 is 15.9 Å². The van der Waals surface area contributed by atoms with Gasteiger partial charge in [0.25, 0.3) is 0 Å². The first-order valence-electron chi connectivity index (χ1n) is 4.57. The van der Waals surface area contributed by atoms with Gasteiger partial charge in [0.1, 0.15) is 6.33 Å². The Labute approximate surface area is 95.1 Å². The van der Waals surface area contributed by atoms with Crippen LogP contribution in [-0.4, -0.2) is 26.1 Å². The van der Waals surface area contributed by atoms with Gasteiger partial charge in [-0.1, -0.05) is 0 Å². The molecule has 2 rings (SSSR count). The molecule has 5 nitrogen and oxygen atoms in total. The van der Waals surface area contributed by atoms with Gasteiger partial charge in [-0.05, 0) is 22.4 Å². The number of nitrogens with zero attached hydrogens (tertiary/aromatic N) is 3. The third kappa shape index (κ3) is 1.88. The number of hydrogen-bond donors (Lipinski definition) is 2. The molecule has 6 heteroatoms. The molecule has 15 heavy (non-hydrogen) atoms. The highest BCUT2D eigenvalue weighted by Crippen LogP contribution is 2.20. The van der Waals surface area contributed by atoms with E-state index in [1.54, 1.807) is 18.7 Å². The van der Waals surface area contributed by atoms with Crippen LogP contribution < -0.4 is 5.73 Å². The van der Waals surface area contributed by atoms with Crippen LogP contribution in [-0.2, 0) is 0 Å². The quantitative estimate of drug-likeness (QED) is 0.868. The summed E-state index contributed by atoms with van der Waals surface area (Å²) in [6.07, 6.45) is 5.58. The average Bonchev–Trinajstić information content (AvgIpc) is 2.63. The van der Waals surface area contributed by atoms with Crippen molar-refractivity contribution in [3.63, 3.8) is 0 Å². The van der Waals surface area contributed by atoms with Crippen LogP contribution in [0.5, 0.6) is 0 Å². The van der Waals surface area contributed by atoms with Gasteiger partial charge >= 0.3 is 0 Å². The summed E-state index contributed by atoms with van der Waals surface area (Å²) in [5.74, 6) is 0. The standard InChI is InChI=1S/C9H11BrN4O/c10-6-3-12-5-14-8(4-13-9(6)14)7(11)1-2-15/h3-5,7,15H,1-2,11H2. The zero-order chi connectivity index (χ0) is 10.8. The molecule has 2 aromatic rings. The summed E-state index contributed by atoms with van der Waals surface area (Å²) in [4.78, 5) is 8.28. The monoisotopic (exact) mass is 270 g/mol. The minimum atomic E-state index is -0.221. The first-order chi connectivity index (χ1) is 7.24. The second-order valence-corrected chi connectivity index (χ2v) is 4.09. The van der Waals surface area contributed by atoms with Crippen LogP contribution in [0.3, 0.4) is 0 Å². The molecule has 3 N–H and O–H groups in total. The molecule has 0 fully saturated rings. The zero-order valence-electron chi connectivity index (χ0n) is 7.97. The molecule has 1 unspecified atom stereocenters. The highest BCUT2D eigenvalue weighted by atomic mass is 79.9. The van der Waals surface area contributed by atoms with E-state index in [2.05, 4.69) is 25.9 Å². The highest BCUT2D eigenvalue weighted by Gasteiger charge is 2.12. The van der Waals surface area contributed by atoms with Gasteiger partial charge in [-0.2, -0.15) is 0 Å². The van der Waals surface area contributed by atoms with Crippen LogP contribution in [0.4, 0.5) is 0 Å². The number of fused-ring (bicyclic) bond motifs is 1. The maximum absolute atomic E-state index is 8.83. The molecule has 0 spiro atoms. The summed E-state index contributed by atoms with van der Waals surface area (Å²) >= 11 is 3.36. The lowest BCUT2D eigenvalue weighted by atomic mass is 10.2. The number of aliphatic hydroxyl groups is 1. The van der Waals surface area contributed by atoms with Crippen molar-refractivity contribution in [2.24, 2.45) is 5.73 Å². The van der Waals surface area contributed by atoms with E-state index >= 15 is 0 Å². The fourth-order valence-corrected chi connectivity index (χ4v) is 1.87. The van der Waals surface area contributed by atoms with E-state index in [1.165, 1.54) is 0 Å². The molecule has 0 saturated carbocycles. The molecule has 0 saturated heterocycles. The summed E-state index contributed by atoms with van der Waals surface area (Å²) in [7, 11) is 0. The molecule has 0 aromatic carbocycles. The Balaban J connectivity index is 2.49. The van der Waals surface area contributed by atoms with Crippen molar-refractivity contribution in [3.05, 3.63) is 28.9 Å². The number of imidazole rings is 1. The molecular weight excluding hydrogens is 260 g/mol. The molecule has 2 aromatic heterocycles. The van der Waals surface area contributed by atoms with Gasteiger partial charge in [0.2, 0.25) is 0 Å². The van der Waals surface area contributed by atoms with Gasteiger partial charge in [0.05, 0.1) is 16.4 Å². The van der Waals surface area contributed by atoms with Crippen molar-refractivity contribution in [2.75, 3.05) is 6.61 Å². The van der Waals surface area contributed by atoms with E-state index in [-0.39, 0.29) is 12.6 Å². The Kier molecular flexibility index (Phi) is 2.99. The van der Waals surface area contributed by atoms with E-state index in [9.17, 15) is 0 Å². The normalized spacial score (nSPS) is 13.3. The van der Waals surface area contributed by atoms with Crippen LogP contribution in [0.15, 0.2) is 23.2 Å². The molecule has 0 aliphatic heterocycles. The maximum Gasteiger partial charge on any atom is 0.154 e. The second-order valence-electron chi connectivity index (χ2n) is 3.24. The minimum Gasteiger partial charge on any atom is -0.396 e. The number of hydrogen-bond acceptors (Lipinski definition) is 4. The lowest BCUT2D eigenvalue weighted by Crippen LogP contribution is -2.14. The molecule has 0 aliphatic rings. The van der Waals surface area contributed by atoms with Gasteiger partial charge in [-0.3, -0.25) is 4.40 Å². The van der Waals surface area contributed by atoms with Gasteiger partial charge in [0, 0.05) is 18.8 Å². The summed E-state index contributed by atoms with van der Waals surface area (Å²) in [6.45, 7) is 0.0653. The first-order valence-corrected chi connectivity index (χ1v) is 5.36. The Morgan fingerprint density at radius 3 is 3.07 bits per heavy atom. The Hall–Kier alpha value is -0.980.